The van der Waals surface area contributed by atoms with Gasteiger partial charge in [0.15, 0.2) is 18.0 Å². The fourth-order valence-electron chi connectivity index (χ4n) is 2.84. The van der Waals surface area contributed by atoms with Crippen molar-refractivity contribution in [2.24, 2.45) is 0 Å². The lowest BCUT2D eigenvalue weighted by Crippen LogP contribution is -2.37. The smallest absolute Gasteiger partial charge is 0.228 e. The molecule has 0 unspecified atom stereocenters. The second-order valence-corrected chi connectivity index (χ2v) is 8.33. The third-order valence-corrected chi connectivity index (χ3v) is 6.22. The molecule has 0 radical (unpaired) electrons. The first-order valence-electron chi connectivity index (χ1n) is 8.31. The van der Waals surface area contributed by atoms with E-state index in [1.165, 1.54) is 22.7 Å². The highest BCUT2D eigenvalue weighted by Crippen LogP contribution is 2.29. The van der Waals surface area contributed by atoms with Gasteiger partial charge in [0.1, 0.15) is 0 Å². The molecular formula is C20H13ClO5S2. The Hall–Kier alpha value is -2.16. The first-order valence-corrected chi connectivity index (χ1v) is 10.4. The van der Waals surface area contributed by atoms with Gasteiger partial charge in [-0.25, -0.2) is 0 Å². The van der Waals surface area contributed by atoms with Crippen molar-refractivity contribution in [3.8, 4) is 0 Å². The van der Waals surface area contributed by atoms with Crippen LogP contribution in [-0.4, -0.2) is 35.8 Å². The number of hydrogen-bond donors (Lipinski definition) is 0. The molecule has 28 heavy (non-hydrogen) atoms. The van der Waals surface area contributed by atoms with Gasteiger partial charge in [0.2, 0.25) is 17.9 Å². The number of rotatable bonds is 6. The molecular weight excluding hydrogens is 420 g/mol. The highest BCUT2D eigenvalue weighted by molar-refractivity contribution is 7.12. The van der Waals surface area contributed by atoms with Gasteiger partial charge in [0.05, 0.1) is 9.75 Å². The molecule has 0 N–H and O–H groups in total. The monoisotopic (exact) mass is 432 g/mol. The first kappa shape index (κ1) is 19.2. The maximum Gasteiger partial charge on any atom is 0.228 e. The minimum atomic E-state index is -1.31. The van der Waals surface area contributed by atoms with Crippen LogP contribution in [0.5, 0.6) is 0 Å². The summed E-state index contributed by atoms with van der Waals surface area (Å²) in [5.74, 6) is -1.23. The minimum absolute atomic E-state index is 0.325. The molecule has 5 nitrogen and oxygen atoms in total. The molecule has 1 aromatic carbocycles. The van der Waals surface area contributed by atoms with Crippen LogP contribution >= 0.6 is 34.3 Å². The Kier molecular flexibility index (Phi) is 5.52. The van der Waals surface area contributed by atoms with Crippen molar-refractivity contribution in [2.75, 3.05) is 0 Å². The van der Waals surface area contributed by atoms with Crippen LogP contribution in [0, 0.1) is 0 Å². The Morgan fingerprint density at radius 3 is 1.82 bits per heavy atom. The Morgan fingerprint density at radius 1 is 0.750 bits per heavy atom. The van der Waals surface area contributed by atoms with E-state index >= 15 is 0 Å². The Bertz CT molecular complexity index is 996. The Morgan fingerprint density at radius 2 is 1.29 bits per heavy atom. The largest absolute Gasteiger partial charge is 0.331 e. The minimum Gasteiger partial charge on any atom is -0.331 e. The van der Waals surface area contributed by atoms with Crippen LogP contribution in [0.15, 0.2) is 59.3 Å². The average Bonchev–Trinajstić information content (AvgIpc) is 3.48. The Labute approximate surface area is 173 Å². The van der Waals surface area contributed by atoms with E-state index in [0.29, 0.717) is 20.3 Å². The van der Waals surface area contributed by atoms with E-state index in [0.717, 1.165) is 0 Å². The molecule has 1 aliphatic heterocycles. The number of carbonyl (C=O) groups excluding carboxylic acids is 3. The van der Waals surface area contributed by atoms with E-state index in [1.54, 1.807) is 59.3 Å². The molecule has 3 heterocycles. The molecule has 3 atom stereocenters. The molecule has 1 saturated heterocycles. The standard InChI is InChI=1S/C20H13ClO5S2/c21-12-7-5-11(6-8-12)15(22)18-19(16(23)13-3-1-9-27-13)26-20(25-18)17(24)14-4-2-10-28-14/h1-10,18-20H/t18-,19-,20-/m0/s1. The quantitative estimate of drug-likeness (QED) is 0.535. The molecule has 8 heteroatoms. The van der Waals surface area contributed by atoms with Gasteiger partial charge in [0.25, 0.3) is 0 Å². The second-order valence-electron chi connectivity index (χ2n) is 6.00. The normalized spacial score (nSPS) is 21.5. The molecule has 0 spiro atoms. The highest BCUT2D eigenvalue weighted by atomic mass is 35.5. The lowest BCUT2D eigenvalue weighted by molar-refractivity contribution is -0.0369. The summed E-state index contributed by atoms with van der Waals surface area (Å²) in [6.45, 7) is 0. The van der Waals surface area contributed by atoms with Crippen molar-refractivity contribution in [1.82, 2.24) is 0 Å². The van der Waals surface area contributed by atoms with Gasteiger partial charge in [-0.15, -0.1) is 22.7 Å². The number of hydrogen-bond acceptors (Lipinski definition) is 7. The van der Waals surface area contributed by atoms with Crippen LogP contribution < -0.4 is 0 Å². The summed E-state index contributed by atoms with van der Waals surface area (Å²) in [5.41, 5.74) is 0.325. The van der Waals surface area contributed by atoms with Crippen molar-refractivity contribution in [3.05, 3.63) is 79.6 Å². The average molecular weight is 433 g/mol. The van der Waals surface area contributed by atoms with E-state index in [4.69, 9.17) is 21.1 Å². The third kappa shape index (κ3) is 3.72. The maximum absolute atomic E-state index is 13.0. The zero-order valence-electron chi connectivity index (χ0n) is 14.2. The van der Waals surface area contributed by atoms with Gasteiger partial charge in [-0.05, 0) is 47.2 Å². The van der Waals surface area contributed by atoms with Crippen molar-refractivity contribution >= 4 is 51.6 Å². The van der Waals surface area contributed by atoms with Crippen LogP contribution in [0.1, 0.15) is 29.7 Å². The summed E-state index contributed by atoms with van der Waals surface area (Å²) in [7, 11) is 0. The lowest BCUT2D eigenvalue weighted by atomic mass is 9.99. The van der Waals surface area contributed by atoms with Gasteiger partial charge >= 0.3 is 0 Å². The number of carbonyl (C=O) groups is 3. The molecule has 1 fully saturated rings. The van der Waals surface area contributed by atoms with Crippen LogP contribution in [0.2, 0.25) is 5.02 Å². The zero-order chi connectivity index (χ0) is 19.7. The van der Waals surface area contributed by atoms with E-state index in [2.05, 4.69) is 0 Å². The topological polar surface area (TPSA) is 69.7 Å². The third-order valence-electron chi connectivity index (χ3n) is 4.20. The van der Waals surface area contributed by atoms with E-state index < -0.39 is 30.1 Å². The highest BCUT2D eigenvalue weighted by Gasteiger charge is 2.48. The zero-order valence-corrected chi connectivity index (χ0v) is 16.6. The van der Waals surface area contributed by atoms with Gasteiger partial charge < -0.3 is 9.47 Å². The molecule has 2 aromatic heterocycles. The molecule has 4 rings (SSSR count). The van der Waals surface area contributed by atoms with E-state index in [9.17, 15) is 14.4 Å². The molecule has 0 saturated carbocycles. The summed E-state index contributed by atoms with van der Waals surface area (Å²) in [4.78, 5) is 39.4. The maximum atomic E-state index is 13.0. The van der Waals surface area contributed by atoms with Gasteiger partial charge in [-0.2, -0.15) is 0 Å². The van der Waals surface area contributed by atoms with E-state index in [-0.39, 0.29) is 5.78 Å². The number of halogens is 1. The summed E-state index contributed by atoms with van der Waals surface area (Å²) in [5, 5.41) is 4.00. The summed E-state index contributed by atoms with van der Waals surface area (Å²) in [6, 6.07) is 13.0. The second kappa shape index (κ2) is 8.06. The number of benzene rings is 1. The number of ketones is 3. The number of Topliss-reactive ketones (excluding diaryl/α,β-unsaturated/α-hetero) is 3. The molecule has 0 bridgehead atoms. The Balaban J connectivity index is 1.64. The summed E-state index contributed by atoms with van der Waals surface area (Å²) >= 11 is 8.36. The fourth-order valence-corrected chi connectivity index (χ4v) is 4.33. The number of thiophene rings is 2. The molecule has 0 aliphatic carbocycles. The van der Waals surface area contributed by atoms with Crippen LogP contribution in [0.3, 0.4) is 0 Å². The van der Waals surface area contributed by atoms with Crippen molar-refractivity contribution < 1.29 is 23.9 Å². The summed E-state index contributed by atoms with van der Waals surface area (Å²) in [6.07, 6.45) is -3.73. The van der Waals surface area contributed by atoms with Crippen molar-refractivity contribution in [1.29, 1.82) is 0 Å². The lowest BCUT2D eigenvalue weighted by Gasteiger charge is -2.14. The van der Waals surface area contributed by atoms with Gasteiger partial charge in [0, 0.05) is 10.6 Å². The van der Waals surface area contributed by atoms with Gasteiger partial charge in [-0.1, -0.05) is 23.7 Å². The number of ether oxygens (including phenoxy) is 2. The first-order chi connectivity index (χ1) is 13.5. The predicted octanol–water partition coefficient (Wildman–Crippen LogP) is 4.52. The van der Waals surface area contributed by atoms with E-state index in [1.807, 2.05) is 0 Å². The van der Waals surface area contributed by atoms with Gasteiger partial charge in [-0.3, -0.25) is 14.4 Å². The molecule has 0 amide bonds. The van der Waals surface area contributed by atoms with Crippen LogP contribution in [0.25, 0.3) is 0 Å². The van der Waals surface area contributed by atoms with Crippen molar-refractivity contribution in [2.45, 2.75) is 18.5 Å². The molecule has 1 aliphatic rings. The predicted molar refractivity (Wildman–Crippen MR) is 107 cm³/mol. The van der Waals surface area contributed by atoms with Crippen LogP contribution in [0.4, 0.5) is 0 Å². The molecule has 3 aromatic rings. The fraction of sp³-hybridized carbons (Fsp3) is 0.150. The van der Waals surface area contributed by atoms with Crippen molar-refractivity contribution in [3.63, 3.8) is 0 Å². The molecule has 142 valence electrons. The summed E-state index contributed by atoms with van der Waals surface area (Å²) < 4.78 is 11.3. The SMILES string of the molecule is O=C(c1cccs1)[C@H]1O[C@@H](C(=O)c2ccc(Cl)cc2)[C@H](C(=O)c2cccs2)O1. The van der Waals surface area contributed by atoms with Crippen LogP contribution in [-0.2, 0) is 9.47 Å².